The van der Waals surface area contributed by atoms with Gasteiger partial charge in [-0.15, -0.1) is 0 Å². The van der Waals surface area contributed by atoms with Gasteiger partial charge in [0, 0.05) is 24.9 Å². The molecule has 1 aliphatic heterocycles. The lowest BCUT2D eigenvalue weighted by Crippen LogP contribution is -2.57. The van der Waals surface area contributed by atoms with Crippen LogP contribution in [0.4, 0.5) is 0 Å². The van der Waals surface area contributed by atoms with Gasteiger partial charge in [0.15, 0.2) is 6.04 Å². The molecule has 160 valence electrons. The van der Waals surface area contributed by atoms with Crippen molar-refractivity contribution in [2.45, 2.75) is 50.4 Å². The average Bonchev–Trinajstić information content (AvgIpc) is 3.35. The second-order valence-electron chi connectivity index (χ2n) is 6.86. The van der Waals surface area contributed by atoms with Crippen molar-refractivity contribution in [2.24, 2.45) is 5.73 Å². The zero-order valence-electron chi connectivity index (χ0n) is 16.0. The number of carboxylic acid groups (broad SMARTS) is 1. The van der Waals surface area contributed by atoms with Crippen molar-refractivity contribution in [3.05, 3.63) is 18.2 Å². The number of carboxylic acids is 1. The molecule has 0 aromatic carbocycles. The Morgan fingerprint density at radius 3 is 2.66 bits per heavy atom. The molecule has 1 aromatic heterocycles. The highest BCUT2D eigenvalue weighted by atomic mass is 16.4. The van der Waals surface area contributed by atoms with E-state index in [1.165, 1.54) is 24.3 Å². The van der Waals surface area contributed by atoms with E-state index >= 15 is 0 Å². The van der Waals surface area contributed by atoms with Crippen LogP contribution in [-0.2, 0) is 25.6 Å². The summed E-state index contributed by atoms with van der Waals surface area (Å²) >= 11 is 0. The van der Waals surface area contributed by atoms with Gasteiger partial charge in [0.2, 0.25) is 17.7 Å². The number of nitrogens with zero attached hydrogens (tertiary/aromatic N) is 2. The minimum Gasteiger partial charge on any atom is -0.480 e. The van der Waals surface area contributed by atoms with Crippen LogP contribution >= 0.6 is 0 Å². The Morgan fingerprint density at radius 1 is 1.38 bits per heavy atom. The minimum absolute atomic E-state index is 0.126. The largest absolute Gasteiger partial charge is 0.480 e. The number of nitrogens with two attached hydrogens (primary N) is 1. The Hall–Kier alpha value is -2.99. The summed E-state index contributed by atoms with van der Waals surface area (Å²) in [6.45, 7) is 1.23. The topological polar surface area (TPSA) is 191 Å². The molecule has 0 aliphatic carbocycles. The van der Waals surface area contributed by atoms with Crippen LogP contribution in [0.3, 0.4) is 0 Å². The van der Waals surface area contributed by atoms with Crippen molar-refractivity contribution in [1.29, 1.82) is 0 Å². The number of likely N-dealkylation sites (tertiary alicyclic amines) is 1. The Bertz CT molecular complexity index is 737. The molecule has 1 fully saturated rings. The normalized spacial score (nSPS) is 19.3. The molecule has 12 nitrogen and oxygen atoms in total. The van der Waals surface area contributed by atoms with E-state index in [-0.39, 0.29) is 19.5 Å². The summed E-state index contributed by atoms with van der Waals surface area (Å²) in [6.07, 6.45) is 2.65. The van der Waals surface area contributed by atoms with Gasteiger partial charge in [0.25, 0.3) is 0 Å². The number of rotatable bonds is 9. The van der Waals surface area contributed by atoms with E-state index in [2.05, 4.69) is 20.6 Å². The van der Waals surface area contributed by atoms with Crippen LogP contribution in [0.2, 0.25) is 0 Å². The summed E-state index contributed by atoms with van der Waals surface area (Å²) in [6, 6.07) is -3.35. The zero-order valence-corrected chi connectivity index (χ0v) is 16.0. The molecule has 1 aromatic rings. The number of aromatic amines is 1. The number of carbonyl (C=O) groups is 4. The second-order valence-corrected chi connectivity index (χ2v) is 6.86. The zero-order chi connectivity index (χ0) is 21.6. The highest BCUT2D eigenvalue weighted by Crippen LogP contribution is 2.20. The maximum atomic E-state index is 13.1. The van der Waals surface area contributed by atoms with Gasteiger partial charge < -0.3 is 36.5 Å². The fraction of sp³-hybridized carbons (Fsp3) is 0.588. The number of amides is 3. The predicted molar refractivity (Wildman–Crippen MR) is 99.3 cm³/mol. The predicted octanol–water partition coefficient (Wildman–Crippen LogP) is -2.66. The van der Waals surface area contributed by atoms with Gasteiger partial charge in [0.05, 0.1) is 19.0 Å². The van der Waals surface area contributed by atoms with Crippen LogP contribution in [-0.4, -0.2) is 86.1 Å². The van der Waals surface area contributed by atoms with Gasteiger partial charge in [-0.2, -0.15) is 0 Å². The van der Waals surface area contributed by atoms with Crippen molar-refractivity contribution in [2.75, 3.05) is 13.1 Å². The number of imidazole rings is 1. The molecule has 4 unspecified atom stereocenters. The number of aliphatic hydroxyl groups is 1. The van der Waals surface area contributed by atoms with Crippen LogP contribution in [0.25, 0.3) is 0 Å². The number of hydrogen-bond acceptors (Lipinski definition) is 7. The van der Waals surface area contributed by atoms with Gasteiger partial charge in [0.1, 0.15) is 12.1 Å². The van der Waals surface area contributed by atoms with E-state index in [4.69, 9.17) is 10.8 Å². The molecule has 0 spiro atoms. The van der Waals surface area contributed by atoms with Crippen molar-refractivity contribution < 1.29 is 29.4 Å². The van der Waals surface area contributed by atoms with Crippen molar-refractivity contribution in [3.8, 4) is 0 Å². The molecule has 0 saturated carbocycles. The maximum Gasteiger partial charge on any atom is 0.328 e. The average molecular weight is 410 g/mol. The third-order valence-corrected chi connectivity index (χ3v) is 4.68. The Morgan fingerprint density at radius 2 is 2.10 bits per heavy atom. The molecule has 12 heteroatoms. The van der Waals surface area contributed by atoms with Crippen LogP contribution in [0, 0.1) is 0 Å². The van der Waals surface area contributed by atoms with Crippen LogP contribution in [0.5, 0.6) is 0 Å². The monoisotopic (exact) mass is 410 g/mol. The summed E-state index contributed by atoms with van der Waals surface area (Å²) in [4.78, 5) is 56.7. The number of nitrogens with one attached hydrogen (secondary N) is 3. The molecule has 0 bridgehead atoms. The first-order chi connectivity index (χ1) is 13.7. The number of H-pyrrole nitrogens is 1. The minimum atomic E-state index is -1.49. The van der Waals surface area contributed by atoms with Gasteiger partial charge >= 0.3 is 5.97 Å². The third-order valence-electron chi connectivity index (χ3n) is 4.68. The summed E-state index contributed by atoms with van der Waals surface area (Å²) in [7, 11) is 0. The van der Waals surface area contributed by atoms with Crippen LogP contribution in [0.15, 0.2) is 12.5 Å². The van der Waals surface area contributed by atoms with Crippen molar-refractivity contribution in [3.63, 3.8) is 0 Å². The maximum absolute atomic E-state index is 13.1. The molecule has 7 N–H and O–H groups in total. The summed E-state index contributed by atoms with van der Waals surface area (Å²) in [5, 5.41) is 23.5. The fourth-order valence-corrected chi connectivity index (χ4v) is 3.21. The Kier molecular flexibility index (Phi) is 7.67. The number of carbonyl (C=O) groups excluding carboxylic acids is 3. The molecule has 2 heterocycles. The molecule has 3 amide bonds. The first-order valence-electron chi connectivity index (χ1n) is 9.23. The van der Waals surface area contributed by atoms with E-state index in [9.17, 15) is 24.3 Å². The van der Waals surface area contributed by atoms with E-state index in [0.29, 0.717) is 18.5 Å². The lowest BCUT2D eigenvalue weighted by atomic mass is 10.1. The molecule has 1 aliphatic rings. The van der Waals surface area contributed by atoms with E-state index in [1.54, 1.807) is 0 Å². The molecular formula is C17H26N6O6. The first-order valence-corrected chi connectivity index (χ1v) is 9.23. The molecule has 4 atom stereocenters. The van der Waals surface area contributed by atoms with Gasteiger partial charge in [-0.3, -0.25) is 14.4 Å². The second kappa shape index (κ2) is 9.98. The number of aliphatic carboxylic acids is 1. The van der Waals surface area contributed by atoms with Gasteiger partial charge in [-0.05, 0) is 19.8 Å². The van der Waals surface area contributed by atoms with Gasteiger partial charge in [-0.1, -0.05) is 0 Å². The van der Waals surface area contributed by atoms with Crippen molar-refractivity contribution in [1.82, 2.24) is 25.5 Å². The fourth-order valence-electron chi connectivity index (χ4n) is 3.21. The van der Waals surface area contributed by atoms with E-state index < -0.39 is 47.9 Å². The smallest absolute Gasteiger partial charge is 0.328 e. The molecule has 2 rings (SSSR count). The Labute approximate surface area is 166 Å². The van der Waals surface area contributed by atoms with Gasteiger partial charge in [-0.25, -0.2) is 9.78 Å². The highest BCUT2D eigenvalue weighted by molar-refractivity contribution is 5.94. The summed E-state index contributed by atoms with van der Waals surface area (Å²) in [5.74, 6) is -3.06. The third kappa shape index (κ3) is 5.74. The number of aromatic nitrogens is 2. The molecule has 1 saturated heterocycles. The Balaban J connectivity index is 2.15. The molecular weight excluding hydrogens is 384 g/mol. The SMILES string of the molecule is CC(O)C(NC(=O)C1CCCN1C(=O)C(Cc1cnc[nH]1)NC(=O)CN)C(=O)O. The first kappa shape index (κ1) is 22.3. The van der Waals surface area contributed by atoms with Crippen molar-refractivity contribution >= 4 is 23.7 Å². The molecule has 0 radical (unpaired) electrons. The number of hydrogen-bond donors (Lipinski definition) is 6. The highest BCUT2D eigenvalue weighted by Gasteiger charge is 2.39. The summed E-state index contributed by atoms with van der Waals surface area (Å²) in [5.41, 5.74) is 5.95. The number of aliphatic hydroxyl groups excluding tert-OH is 1. The van der Waals surface area contributed by atoms with Crippen LogP contribution in [0.1, 0.15) is 25.5 Å². The standard InChI is InChI=1S/C17H26N6O6/c1-9(24)14(17(28)29)22-15(26)12-3-2-4-23(12)16(27)11(21-13(25)6-18)5-10-7-19-8-20-10/h7-9,11-12,14,24H,2-6,18H2,1H3,(H,19,20)(H,21,25)(H,22,26)(H,28,29). The quantitative estimate of drug-likeness (QED) is 0.254. The lowest BCUT2D eigenvalue weighted by molar-refractivity contribution is -0.147. The van der Waals surface area contributed by atoms with E-state index in [0.717, 1.165) is 0 Å². The van der Waals surface area contributed by atoms with E-state index in [1.807, 2.05) is 0 Å². The molecule has 29 heavy (non-hydrogen) atoms. The summed E-state index contributed by atoms with van der Waals surface area (Å²) < 4.78 is 0. The lowest BCUT2D eigenvalue weighted by Gasteiger charge is -2.29. The van der Waals surface area contributed by atoms with Crippen LogP contribution < -0.4 is 16.4 Å².